The van der Waals surface area contributed by atoms with Crippen molar-refractivity contribution < 1.29 is 9.53 Å². The minimum absolute atomic E-state index is 0.0284. The van der Waals surface area contributed by atoms with Crippen LogP contribution >= 0.6 is 0 Å². The first-order valence-electron chi connectivity index (χ1n) is 8.22. The quantitative estimate of drug-likeness (QED) is 0.912. The first kappa shape index (κ1) is 16.4. The number of nitrogens with zero attached hydrogens (tertiary/aromatic N) is 4. The summed E-state index contributed by atoms with van der Waals surface area (Å²) in [7, 11) is 1.81. The molecular weight excluding hydrogens is 306 g/mol. The molecule has 24 heavy (non-hydrogen) atoms. The van der Waals surface area contributed by atoms with Crippen molar-refractivity contribution in [3.05, 3.63) is 42.5 Å². The van der Waals surface area contributed by atoms with Crippen molar-refractivity contribution in [1.82, 2.24) is 25.0 Å². The Hall–Kier alpha value is -2.41. The Labute approximate surface area is 141 Å². The van der Waals surface area contributed by atoms with Gasteiger partial charge in [-0.05, 0) is 37.5 Å². The number of ether oxygens (including phenoxy) is 1. The highest BCUT2D eigenvalue weighted by molar-refractivity contribution is 5.74. The van der Waals surface area contributed by atoms with Gasteiger partial charge in [-0.2, -0.15) is 5.10 Å². The maximum absolute atomic E-state index is 12.3. The van der Waals surface area contributed by atoms with E-state index in [2.05, 4.69) is 15.4 Å². The summed E-state index contributed by atoms with van der Waals surface area (Å²) >= 11 is 0. The predicted octanol–water partition coefficient (Wildman–Crippen LogP) is 2.15. The highest BCUT2D eigenvalue weighted by Crippen LogP contribution is 2.20. The van der Waals surface area contributed by atoms with Crippen LogP contribution in [0.25, 0.3) is 5.69 Å². The average Bonchev–Trinajstić information content (AvgIpc) is 3.32. The second-order valence-corrected chi connectivity index (χ2v) is 6.04. The van der Waals surface area contributed by atoms with Gasteiger partial charge < -0.3 is 15.0 Å². The number of rotatable bonds is 5. The van der Waals surface area contributed by atoms with Crippen molar-refractivity contribution in [2.24, 2.45) is 0 Å². The van der Waals surface area contributed by atoms with E-state index in [0.717, 1.165) is 30.7 Å². The summed E-state index contributed by atoms with van der Waals surface area (Å²) in [6.45, 7) is 3.38. The van der Waals surface area contributed by atoms with E-state index < -0.39 is 0 Å². The Balaban J connectivity index is 1.57. The third-order valence-electron chi connectivity index (χ3n) is 4.47. The molecule has 2 amide bonds. The maximum Gasteiger partial charge on any atom is 0.317 e. The van der Waals surface area contributed by atoms with Crippen molar-refractivity contribution in [2.45, 2.75) is 31.9 Å². The highest BCUT2D eigenvalue weighted by Gasteiger charge is 2.20. The lowest BCUT2D eigenvalue weighted by Crippen LogP contribution is -2.41. The van der Waals surface area contributed by atoms with Crippen LogP contribution in [0.5, 0.6) is 0 Å². The summed E-state index contributed by atoms with van der Waals surface area (Å²) in [4.78, 5) is 18.0. The molecule has 0 unspecified atom stereocenters. The smallest absolute Gasteiger partial charge is 0.317 e. The van der Waals surface area contributed by atoms with Crippen LogP contribution in [0.3, 0.4) is 0 Å². The topological polar surface area (TPSA) is 72.3 Å². The average molecular weight is 329 g/mol. The number of urea groups is 1. The largest absolute Gasteiger partial charge is 0.376 e. The minimum Gasteiger partial charge on any atom is -0.376 e. The van der Waals surface area contributed by atoms with Crippen molar-refractivity contribution in [2.75, 3.05) is 20.2 Å². The Morgan fingerprint density at radius 3 is 2.88 bits per heavy atom. The lowest BCUT2D eigenvalue weighted by molar-refractivity contribution is 0.108. The summed E-state index contributed by atoms with van der Waals surface area (Å²) in [6.07, 6.45) is 5.40. The molecule has 0 radical (unpaired) electrons. The molecule has 0 saturated carbocycles. The SMILES string of the molecule is C[C@@H](c1ccc(-n2cncn2)cc1)N(C)C(=O)NC[C@@H]1CCCO1. The Morgan fingerprint density at radius 2 is 2.25 bits per heavy atom. The third-order valence-corrected chi connectivity index (χ3v) is 4.47. The molecule has 1 aromatic carbocycles. The Morgan fingerprint density at radius 1 is 1.46 bits per heavy atom. The van der Waals surface area contributed by atoms with Crippen molar-refractivity contribution in [3.8, 4) is 5.69 Å². The molecule has 1 N–H and O–H groups in total. The van der Waals surface area contributed by atoms with Crippen LogP contribution in [0, 0.1) is 0 Å². The van der Waals surface area contributed by atoms with E-state index in [1.54, 1.807) is 23.0 Å². The molecular formula is C17H23N5O2. The summed E-state index contributed by atoms with van der Waals surface area (Å²) in [6, 6.07) is 7.84. The van der Waals surface area contributed by atoms with Crippen molar-refractivity contribution in [1.29, 1.82) is 0 Å². The summed E-state index contributed by atoms with van der Waals surface area (Å²) in [5.74, 6) is 0. The number of carbonyl (C=O) groups is 1. The summed E-state index contributed by atoms with van der Waals surface area (Å²) < 4.78 is 7.23. The molecule has 0 bridgehead atoms. The van der Waals surface area contributed by atoms with E-state index >= 15 is 0 Å². The normalized spacial score (nSPS) is 18.3. The number of benzene rings is 1. The molecule has 0 aliphatic carbocycles. The molecule has 7 nitrogen and oxygen atoms in total. The number of amides is 2. The number of carbonyl (C=O) groups excluding carboxylic acids is 1. The summed E-state index contributed by atoms with van der Waals surface area (Å²) in [5.41, 5.74) is 2.00. The van der Waals surface area contributed by atoms with Gasteiger partial charge in [0.15, 0.2) is 0 Å². The molecule has 128 valence electrons. The lowest BCUT2D eigenvalue weighted by atomic mass is 10.1. The van der Waals surface area contributed by atoms with Gasteiger partial charge in [0.2, 0.25) is 0 Å². The van der Waals surface area contributed by atoms with Gasteiger partial charge in [0, 0.05) is 20.2 Å². The standard InChI is InChI=1S/C17H23N5O2/c1-13(21(2)17(23)19-10-16-4-3-9-24-16)14-5-7-15(8-6-14)22-12-18-11-20-22/h5-8,11-13,16H,3-4,9-10H2,1-2H3,(H,19,23)/t13-,16-/m0/s1. The zero-order valence-corrected chi connectivity index (χ0v) is 14.1. The molecule has 2 heterocycles. The maximum atomic E-state index is 12.3. The molecule has 1 aliphatic rings. The van der Waals surface area contributed by atoms with Crippen LogP contribution in [-0.2, 0) is 4.74 Å². The van der Waals surface area contributed by atoms with Gasteiger partial charge >= 0.3 is 6.03 Å². The lowest BCUT2D eigenvalue weighted by Gasteiger charge is -2.26. The molecule has 2 atom stereocenters. The van der Waals surface area contributed by atoms with Gasteiger partial charge in [-0.15, -0.1) is 0 Å². The zero-order valence-electron chi connectivity index (χ0n) is 14.1. The van der Waals surface area contributed by atoms with E-state index in [0.29, 0.717) is 6.54 Å². The molecule has 7 heteroatoms. The van der Waals surface area contributed by atoms with E-state index in [1.165, 1.54) is 6.33 Å². The fourth-order valence-electron chi connectivity index (χ4n) is 2.78. The van der Waals surface area contributed by atoms with Crippen molar-refractivity contribution in [3.63, 3.8) is 0 Å². The van der Waals surface area contributed by atoms with E-state index in [1.807, 2.05) is 31.2 Å². The Bertz CT molecular complexity index is 650. The fourth-order valence-corrected chi connectivity index (χ4v) is 2.78. The van der Waals surface area contributed by atoms with Crippen LogP contribution in [0.1, 0.15) is 31.4 Å². The predicted molar refractivity (Wildman–Crippen MR) is 89.9 cm³/mol. The number of hydrogen-bond donors (Lipinski definition) is 1. The van der Waals surface area contributed by atoms with Crippen molar-refractivity contribution >= 4 is 6.03 Å². The van der Waals surface area contributed by atoms with Gasteiger partial charge in [-0.25, -0.2) is 14.5 Å². The minimum atomic E-state index is -0.0849. The first-order chi connectivity index (χ1) is 11.6. The second kappa shape index (κ2) is 7.44. The van der Waals surface area contributed by atoms with E-state index in [9.17, 15) is 4.79 Å². The van der Waals surface area contributed by atoms with Crippen LogP contribution in [0.4, 0.5) is 4.79 Å². The van der Waals surface area contributed by atoms with Gasteiger partial charge in [0.25, 0.3) is 0 Å². The molecule has 1 aromatic heterocycles. The fraction of sp³-hybridized carbons (Fsp3) is 0.471. The monoisotopic (exact) mass is 329 g/mol. The summed E-state index contributed by atoms with van der Waals surface area (Å²) in [5, 5.41) is 7.05. The van der Waals surface area contributed by atoms with Crippen LogP contribution in [-0.4, -0.2) is 52.0 Å². The number of hydrogen-bond acceptors (Lipinski definition) is 4. The van der Waals surface area contributed by atoms with E-state index in [4.69, 9.17) is 4.74 Å². The molecule has 0 spiro atoms. The zero-order chi connectivity index (χ0) is 16.9. The van der Waals surface area contributed by atoms with E-state index in [-0.39, 0.29) is 18.2 Å². The molecule has 1 fully saturated rings. The molecule has 1 saturated heterocycles. The van der Waals surface area contributed by atoms with Gasteiger partial charge in [0.1, 0.15) is 12.7 Å². The molecule has 1 aliphatic heterocycles. The van der Waals surface area contributed by atoms with Gasteiger partial charge in [-0.3, -0.25) is 0 Å². The third kappa shape index (κ3) is 3.73. The second-order valence-electron chi connectivity index (χ2n) is 6.04. The molecule has 2 aromatic rings. The van der Waals surface area contributed by atoms with Crippen LogP contribution < -0.4 is 5.32 Å². The number of aromatic nitrogens is 3. The van der Waals surface area contributed by atoms with Gasteiger partial charge in [0.05, 0.1) is 17.8 Å². The van der Waals surface area contributed by atoms with Crippen LogP contribution in [0.15, 0.2) is 36.9 Å². The number of nitrogens with one attached hydrogen (secondary N) is 1. The molecule has 3 rings (SSSR count). The highest BCUT2D eigenvalue weighted by atomic mass is 16.5. The van der Waals surface area contributed by atoms with Crippen LogP contribution in [0.2, 0.25) is 0 Å². The Kier molecular flexibility index (Phi) is 5.10. The first-order valence-corrected chi connectivity index (χ1v) is 8.22. The van der Waals surface area contributed by atoms with Gasteiger partial charge in [-0.1, -0.05) is 12.1 Å².